The number of rotatable bonds is 5. The molecular formula is C14H25N3O4. The van der Waals surface area contributed by atoms with Crippen molar-refractivity contribution < 1.29 is 19.5 Å². The number of nitrogens with one attached hydrogen (secondary N) is 1. The third kappa shape index (κ3) is 5.61. The Morgan fingerprint density at radius 1 is 1.38 bits per heavy atom. The number of nitrogens with zero attached hydrogens (tertiary/aromatic N) is 2. The number of likely N-dealkylation sites (N-methyl/N-ethyl adjacent to an activating group) is 1. The first kappa shape index (κ1) is 17.3. The summed E-state index contributed by atoms with van der Waals surface area (Å²) in [7, 11) is 3.28. The molecule has 1 aliphatic heterocycles. The Bertz CT molecular complexity index is 398. The predicted octanol–water partition coefficient (Wildman–Crippen LogP) is 0.607. The van der Waals surface area contributed by atoms with E-state index in [4.69, 9.17) is 5.11 Å². The lowest BCUT2D eigenvalue weighted by Crippen LogP contribution is -2.48. The second kappa shape index (κ2) is 7.85. The summed E-state index contributed by atoms with van der Waals surface area (Å²) in [6.45, 7) is 3.10. The molecule has 0 aromatic carbocycles. The topological polar surface area (TPSA) is 90.0 Å². The van der Waals surface area contributed by atoms with Gasteiger partial charge in [0.15, 0.2) is 0 Å². The van der Waals surface area contributed by atoms with Crippen LogP contribution in [0.5, 0.6) is 0 Å². The molecule has 0 aromatic heterocycles. The minimum atomic E-state index is -0.805. The van der Waals surface area contributed by atoms with E-state index in [1.807, 2.05) is 6.92 Å². The SMILES string of the molecule is CC(CC(=O)O)C1CCCN(C(=O)NCC(=O)N(C)C)C1. The zero-order chi connectivity index (χ0) is 16.0. The van der Waals surface area contributed by atoms with Gasteiger partial charge in [-0.3, -0.25) is 9.59 Å². The Hall–Kier alpha value is -1.79. The summed E-state index contributed by atoms with van der Waals surface area (Å²) in [6, 6.07) is -0.252. The number of hydrogen-bond acceptors (Lipinski definition) is 3. The highest BCUT2D eigenvalue weighted by molar-refractivity contribution is 5.83. The zero-order valence-corrected chi connectivity index (χ0v) is 13.0. The molecule has 7 heteroatoms. The Kier molecular flexibility index (Phi) is 6.45. The summed E-state index contributed by atoms with van der Waals surface area (Å²) in [5.74, 6) is -0.719. The van der Waals surface area contributed by atoms with Crippen molar-refractivity contribution in [3.05, 3.63) is 0 Å². The number of piperidine rings is 1. The van der Waals surface area contributed by atoms with Gasteiger partial charge < -0.3 is 20.2 Å². The second-order valence-corrected chi connectivity index (χ2v) is 5.87. The maximum absolute atomic E-state index is 12.0. The molecule has 0 saturated carbocycles. The zero-order valence-electron chi connectivity index (χ0n) is 13.0. The predicted molar refractivity (Wildman–Crippen MR) is 77.8 cm³/mol. The van der Waals surface area contributed by atoms with E-state index in [1.54, 1.807) is 19.0 Å². The standard InChI is InChI=1S/C14H25N3O4/c1-10(7-13(19)20)11-5-4-6-17(9-11)14(21)15-8-12(18)16(2)3/h10-11H,4-9H2,1-3H3,(H,15,21)(H,19,20). The summed E-state index contributed by atoms with van der Waals surface area (Å²) in [5.41, 5.74) is 0. The molecule has 1 aliphatic rings. The Morgan fingerprint density at radius 2 is 2.05 bits per heavy atom. The van der Waals surface area contributed by atoms with Crippen LogP contribution in [0.25, 0.3) is 0 Å². The van der Waals surface area contributed by atoms with Crippen LogP contribution in [0.2, 0.25) is 0 Å². The molecule has 0 aromatic rings. The van der Waals surface area contributed by atoms with Crippen molar-refractivity contribution in [1.29, 1.82) is 0 Å². The molecule has 0 spiro atoms. The van der Waals surface area contributed by atoms with E-state index in [1.165, 1.54) is 4.90 Å². The van der Waals surface area contributed by atoms with E-state index in [2.05, 4.69) is 5.32 Å². The molecular weight excluding hydrogens is 274 g/mol. The summed E-state index contributed by atoms with van der Waals surface area (Å²) < 4.78 is 0. The summed E-state index contributed by atoms with van der Waals surface area (Å²) in [6.07, 6.45) is 1.93. The van der Waals surface area contributed by atoms with Crippen LogP contribution in [0.3, 0.4) is 0 Å². The van der Waals surface area contributed by atoms with Crippen molar-refractivity contribution in [2.24, 2.45) is 11.8 Å². The van der Waals surface area contributed by atoms with Crippen molar-refractivity contribution in [2.45, 2.75) is 26.2 Å². The Labute approximate surface area is 125 Å². The minimum Gasteiger partial charge on any atom is -0.481 e. The van der Waals surface area contributed by atoms with Gasteiger partial charge in [-0.05, 0) is 24.7 Å². The molecule has 1 fully saturated rings. The highest BCUT2D eigenvalue weighted by Crippen LogP contribution is 2.26. The maximum Gasteiger partial charge on any atom is 0.317 e. The van der Waals surface area contributed by atoms with E-state index in [0.29, 0.717) is 13.1 Å². The molecule has 3 amide bonds. The van der Waals surface area contributed by atoms with Gasteiger partial charge in [0.2, 0.25) is 5.91 Å². The van der Waals surface area contributed by atoms with Crippen LogP contribution < -0.4 is 5.32 Å². The highest BCUT2D eigenvalue weighted by Gasteiger charge is 2.28. The van der Waals surface area contributed by atoms with Crippen molar-refractivity contribution in [3.8, 4) is 0 Å². The molecule has 1 rings (SSSR count). The first-order chi connectivity index (χ1) is 9.81. The molecule has 0 bridgehead atoms. The number of carbonyl (C=O) groups is 3. The van der Waals surface area contributed by atoms with Crippen molar-refractivity contribution in [1.82, 2.24) is 15.1 Å². The molecule has 2 N–H and O–H groups in total. The van der Waals surface area contributed by atoms with Gasteiger partial charge in [0, 0.05) is 33.6 Å². The fraction of sp³-hybridized carbons (Fsp3) is 0.786. The van der Waals surface area contributed by atoms with Crippen molar-refractivity contribution in [2.75, 3.05) is 33.7 Å². The van der Waals surface area contributed by atoms with Crippen LogP contribution in [-0.4, -0.2) is 66.5 Å². The van der Waals surface area contributed by atoms with Crippen molar-refractivity contribution in [3.63, 3.8) is 0 Å². The smallest absolute Gasteiger partial charge is 0.317 e. The molecule has 1 saturated heterocycles. The third-order valence-electron chi connectivity index (χ3n) is 3.94. The van der Waals surface area contributed by atoms with Crippen LogP contribution in [0, 0.1) is 11.8 Å². The van der Waals surface area contributed by atoms with Gasteiger partial charge in [0.05, 0.1) is 6.54 Å². The van der Waals surface area contributed by atoms with Gasteiger partial charge in [-0.1, -0.05) is 6.92 Å². The minimum absolute atomic E-state index is 0.0162. The Morgan fingerprint density at radius 3 is 2.62 bits per heavy atom. The average Bonchev–Trinajstić information content (AvgIpc) is 2.43. The van der Waals surface area contributed by atoms with Crippen molar-refractivity contribution >= 4 is 17.9 Å². The molecule has 0 radical (unpaired) electrons. The van der Waals surface area contributed by atoms with Gasteiger partial charge in [-0.15, -0.1) is 0 Å². The van der Waals surface area contributed by atoms with Crippen LogP contribution in [0.1, 0.15) is 26.2 Å². The number of carboxylic acid groups (broad SMARTS) is 1. The molecule has 21 heavy (non-hydrogen) atoms. The quantitative estimate of drug-likeness (QED) is 0.778. The lowest BCUT2D eigenvalue weighted by molar-refractivity contribution is -0.138. The second-order valence-electron chi connectivity index (χ2n) is 5.87. The largest absolute Gasteiger partial charge is 0.481 e. The first-order valence-corrected chi connectivity index (χ1v) is 7.26. The summed E-state index contributed by atoms with van der Waals surface area (Å²) in [4.78, 5) is 37.4. The average molecular weight is 299 g/mol. The molecule has 7 nitrogen and oxygen atoms in total. The number of likely N-dealkylation sites (tertiary alicyclic amines) is 1. The van der Waals surface area contributed by atoms with Gasteiger partial charge in [-0.25, -0.2) is 4.79 Å². The number of hydrogen-bond donors (Lipinski definition) is 2. The summed E-state index contributed by atoms with van der Waals surface area (Å²) >= 11 is 0. The fourth-order valence-electron chi connectivity index (χ4n) is 2.52. The van der Waals surface area contributed by atoms with E-state index in [9.17, 15) is 14.4 Å². The van der Waals surface area contributed by atoms with Gasteiger partial charge in [-0.2, -0.15) is 0 Å². The normalized spacial score (nSPS) is 19.8. The number of amides is 3. The summed E-state index contributed by atoms with van der Waals surface area (Å²) in [5, 5.41) is 11.5. The van der Waals surface area contributed by atoms with Crippen LogP contribution in [0.4, 0.5) is 4.79 Å². The van der Waals surface area contributed by atoms with Crippen LogP contribution in [0.15, 0.2) is 0 Å². The lowest BCUT2D eigenvalue weighted by atomic mass is 9.85. The number of urea groups is 1. The highest BCUT2D eigenvalue weighted by atomic mass is 16.4. The Balaban J connectivity index is 2.46. The molecule has 120 valence electrons. The monoisotopic (exact) mass is 299 g/mol. The van der Waals surface area contributed by atoms with Crippen LogP contribution >= 0.6 is 0 Å². The van der Waals surface area contributed by atoms with Gasteiger partial charge in [0.1, 0.15) is 0 Å². The lowest BCUT2D eigenvalue weighted by Gasteiger charge is -2.35. The van der Waals surface area contributed by atoms with E-state index in [0.717, 1.165) is 12.8 Å². The maximum atomic E-state index is 12.0. The third-order valence-corrected chi connectivity index (χ3v) is 3.94. The number of carbonyl (C=O) groups excluding carboxylic acids is 2. The number of carboxylic acids is 1. The van der Waals surface area contributed by atoms with E-state index < -0.39 is 5.97 Å². The van der Waals surface area contributed by atoms with Gasteiger partial charge in [0.25, 0.3) is 0 Å². The molecule has 1 heterocycles. The van der Waals surface area contributed by atoms with Gasteiger partial charge >= 0.3 is 12.0 Å². The molecule has 0 aliphatic carbocycles. The van der Waals surface area contributed by atoms with E-state index >= 15 is 0 Å². The first-order valence-electron chi connectivity index (χ1n) is 7.26. The fourth-order valence-corrected chi connectivity index (χ4v) is 2.52. The van der Waals surface area contributed by atoms with E-state index in [-0.39, 0.29) is 36.7 Å². The molecule has 2 atom stereocenters. The number of aliphatic carboxylic acids is 1. The molecule has 2 unspecified atom stereocenters. The van der Waals surface area contributed by atoms with Crippen LogP contribution in [-0.2, 0) is 9.59 Å².